The molecular weight excluding hydrogens is 543 g/mol. The second-order valence-corrected chi connectivity index (χ2v) is 11.0. The third-order valence-corrected chi connectivity index (χ3v) is 8.31. The molecule has 4 heterocycles. The van der Waals surface area contributed by atoms with Crippen molar-refractivity contribution in [3.8, 4) is 17.0 Å². The summed E-state index contributed by atoms with van der Waals surface area (Å²) in [6, 6.07) is 12.1. The molecule has 2 aromatic carbocycles. The molecule has 4 aromatic rings. The molecule has 7 rings (SSSR count). The Morgan fingerprint density at radius 2 is 1.73 bits per heavy atom. The summed E-state index contributed by atoms with van der Waals surface area (Å²) < 4.78 is 61.0. The molecule has 1 saturated carbocycles. The number of anilines is 1. The molecular formula is C29H28F3N3O6. The molecule has 2 N–H and O–H groups in total. The predicted molar refractivity (Wildman–Crippen MR) is 139 cm³/mol. The van der Waals surface area contributed by atoms with E-state index in [1.165, 1.54) is 12.1 Å². The van der Waals surface area contributed by atoms with Crippen LogP contribution in [0.15, 0.2) is 51.5 Å². The van der Waals surface area contributed by atoms with Crippen molar-refractivity contribution in [2.45, 2.75) is 81.9 Å². The van der Waals surface area contributed by atoms with E-state index in [4.69, 9.17) is 13.8 Å². The number of benzene rings is 2. The van der Waals surface area contributed by atoms with Gasteiger partial charge in [0.2, 0.25) is 0 Å². The molecule has 2 bridgehead atoms. The molecule has 1 aliphatic carbocycles. The van der Waals surface area contributed by atoms with E-state index in [0.717, 1.165) is 44.2 Å². The Balaban J connectivity index is 1.09. The van der Waals surface area contributed by atoms with Gasteiger partial charge < -0.3 is 33.6 Å². The third kappa shape index (κ3) is 5.04. The number of piperidine rings is 1. The van der Waals surface area contributed by atoms with Crippen LogP contribution < -0.4 is 9.64 Å². The van der Waals surface area contributed by atoms with Crippen LogP contribution in [0.2, 0.25) is 0 Å². The van der Waals surface area contributed by atoms with Crippen LogP contribution in [0.5, 0.6) is 5.75 Å². The van der Waals surface area contributed by atoms with E-state index in [2.05, 4.69) is 20.0 Å². The van der Waals surface area contributed by atoms with Gasteiger partial charge in [-0.3, -0.25) is 0 Å². The number of ether oxygens (including phenoxy) is 2. The van der Waals surface area contributed by atoms with Gasteiger partial charge in [0, 0.05) is 40.9 Å². The van der Waals surface area contributed by atoms with Gasteiger partial charge in [-0.1, -0.05) is 22.4 Å². The molecule has 12 heteroatoms. The molecule has 216 valence electrons. The largest absolute Gasteiger partial charge is 0.573 e. The van der Waals surface area contributed by atoms with Crippen LogP contribution in [0.4, 0.5) is 18.9 Å². The normalized spacial score (nSPS) is 22.7. The van der Waals surface area contributed by atoms with Crippen LogP contribution in [0.25, 0.3) is 22.2 Å². The van der Waals surface area contributed by atoms with E-state index in [1.807, 2.05) is 12.1 Å². The van der Waals surface area contributed by atoms with Crippen LogP contribution in [-0.2, 0) is 11.3 Å². The number of hydrogen-bond donors (Lipinski definition) is 2. The SMILES string of the molecule is OC(O)c1noc2cc(N3C4CCC3CC(OCc3c(-c5ccccc5OC(F)(F)F)noc3C3CC3)C4)ccc12. The number of nitrogens with zero attached hydrogens (tertiary/aromatic N) is 3. The van der Waals surface area contributed by atoms with E-state index >= 15 is 0 Å². The van der Waals surface area contributed by atoms with Crippen molar-refractivity contribution in [2.75, 3.05) is 4.90 Å². The Morgan fingerprint density at radius 3 is 2.44 bits per heavy atom. The van der Waals surface area contributed by atoms with Gasteiger partial charge in [0.05, 0.1) is 18.1 Å². The van der Waals surface area contributed by atoms with Gasteiger partial charge in [-0.25, -0.2) is 0 Å². The Morgan fingerprint density at radius 1 is 0.976 bits per heavy atom. The van der Waals surface area contributed by atoms with Crippen LogP contribution in [-0.4, -0.2) is 45.1 Å². The minimum absolute atomic E-state index is 0.0367. The van der Waals surface area contributed by atoms with Crippen molar-refractivity contribution in [1.82, 2.24) is 10.3 Å². The number of aliphatic hydroxyl groups is 2. The average molecular weight is 572 g/mol. The van der Waals surface area contributed by atoms with Crippen molar-refractivity contribution in [3.63, 3.8) is 0 Å². The van der Waals surface area contributed by atoms with Gasteiger partial charge in [-0.05, 0) is 62.8 Å². The van der Waals surface area contributed by atoms with Gasteiger partial charge in [0.1, 0.15) is 22.9 Å². The number of hydrogen-bond acceptors (Lipinski definition) is 9. The molecule has 0 spiro atoms. The quantitative estimate of drug-likeness (QED) is 0.247. The molecule has 2 atom stereocenters. The molecule has 2 aromatic heterocycles. The maximum atomic E-state index is 13.1. The number of aromatic nitrogens is 2. The zero-order chi connectivity index (χ0) is 28.3. The first-order valence-electron chi connectivity index (χ1n) is 13.7. The first-order valence-corrected chi connectivity index (χ1v) is 13.7. The molecule has 0 radical (unpaired) electrons. The van der Waals surface area contributed by atoms with Crippen molar-refractivity contribution in [1.29, 1.82) is 0 Å². The summed E-state index contributed by atoms with van der Waals surface area (Å²) >= 11 is 0. The molecule has 9 nitrogen and oxygen atoms in total. The summed E-state index contributed by atoms with van der Waals surface area (Å²) in [6.07, 6.45) is -1.09. The molecule has 2 aliphatic heterocycles. The molecule has 0 amide bonds. The van der Waals surface area contributed by atoms with E-state index in [9.17, 15) is 23.4 Å². The first-order chi connectivity index (χ1) is 19.7. The third-order valence-electron chi connectivity index (χ3n) is 8.31. The Kier molecular flexibility index (Phi) is 6.44. The summed E-state index contributed by atoms with van der Waals surface area (Å²) in [5, 5.41) is 27.5. The molecule has 3 fully saturated rings. The van der Waals surface area contributed by atoms with Gasteiger partial charge in [0.15, 0.2) is 11.9 Å². The minimum atomic E-state index is -4.83. The monoisotopic (exact) mass is 571 g/mol. The molecule has 41 heavy (non-hydrogen) atoms. The fourth-order valence-corrected chi connectivity index (χ4v) is 6.39. The van der Waals surface area contributed by atoms with Gasteiger partial charge in [0.25, 0.3) is 0 Å². The first kappa shape index (κ1) is 26.3. The lowest BCUT2D eigenvalue weighted by molar-refractivity contribution is -0.274. The van der Waals surface area contributed by atoms with Gasteiger partial charge in [-0.2, -0.15) is 0 Å². The summed E-state index contributed by atoms with van der Waals surface area (Å²) in [5.41, 5.74) is 2.78. The lowest BCUT2D eigenvalue weighted by Gasteiger charge is -2.40. The second-order valence-electron chi connectivity index (χ2n) is 11.0. The van der Waals surface area contributed by atoms with Gasteiger partial charge >= 0.3 is 6.36 Å². The summed E-state index contributed by atoms with van der Waals surface area (Å²) in [4.78, 5) is 2.38. The topological polar surface area (TPSA) is 114 Å². The maximum Gasteiger partial charge on any atom is 0.573 e. The van der Waals surface area contributed by atoms with E-state index in [0.29, 0.717) is 28.0 Å². The molecule has 2 unspecified atom stereocenters. The summed E-state index contributed by atoms with van der Waals surface area (Å²) in [6.45, 7) is 0.186. The lowest BCUT2D eigenvalue weighted by atomic mass is 9.98. The van der Waals surface area contributed by atoms with Crippen molar-refractivity contribution in [3.05, 3.63) is 59.5 Å². The average Bonchev–Trinajstić information content (AvgIpc) is 3.44. The molecule has 3 aliphatic rings. The highest BCUT2D eigenvalue weighted by Gasteiger charge is 2.42. The van der Waals surface area contributed by atoms with E-state index in [-0.39, 0.29) is 47.7 Å². The number of rotatable bonds is 8. The molecule has 2 saturated heterocycles. The number of fused-ring (bicyclic) bond motifs is 3. The number of halogens is 3. The van der Waals surface area contributed by atoms with Crippen LogP contribution >= 0.6 is 0 Å². The highest BCUT2D eigenvalue weighted by Crippen LogP contribution is 2.47. The van der Waals surface area contributed by atoms with Crippen molar-refractivity contribution in [2.24, 2.45) is 0 Å². The zero-order valence-corrected chi connectivity index (χ0v) is 21.9. The lowest BCUT2D eigenvalue weighted by Crippen LogP contribution is -2.45. The maximum absolute atomic E-state index is 13.1. The van der Waals surface area contributed by atoms with E-state index in [1.54, 1.807) is 18.2 Å². The number of aliphatic hydroxyl groups excluding tert-OH is 1. The smallest absolute Gasteiger partial charge is 0.405 e. The highest BCUT2D eigenvalue weighted by molar-refractivity contribution is 5.83. The van der Waals surface area contributed by atoms with Crippen molar-refractivity contribution < 1.29 is 41.9 Å². The zero-order valence-electron chi connectivity index (χ0n) is 21.9. The fourth-order valence-electron chi connectivity index (χ4n) is 6.39. The van der Waals surface area contributed by atoms with Crippen LogP contribution in [0, 0.1) is 0 Å². The summed E-state index contributed by atoms with van der Waals surface area (Å²) in [5.74, 6) is 0.546. The predicted octanol–water partition coefficient (Wildman–Crippen LogP) is 5.96. The summed E-state index contributed by atoms with van der Waals surface area (Å²) in [7, 11) is 0. The fraction of sp³-hybridized carbons (Fsp3) is 0.448. The Bertz CT molecular complexity index is 1550. The second kappa shape index (κ2) is 10.0. The van der Waals surface area contributed by atoms with Gasteiger partial charge in [-0.15, -0.1) is 13.2 Å². The number of para-hydroxylation sites is 1. The number of alkyl halides is 3. The Hall–Kier alpha value is -3.61. The minimum Gasteiger partial charge on any atom is -0.405 e. The van der Waals surface area contributed by atoms with E-state index < -0.39 is 12.7 Å². The van der Waals surface area contributed by atoms with Crippen LogP contribution in [0.3, 0.4) is 0 Å². The standard InChI is InChI=1S/C29H28F3N3O6/c30-29(31,32)39-23-4-2-1-3-20(23)25-22(27(41-33-25)15-5-6-15)14-38-19-11-16-7-8-17(12-19)35(16)18-9-10-21-24(13-18)40-34-26(21)28(36)37/h1-4,9-10,13,15-17,19,28,36-37H,5-8,11-12,14H2. The highest BCUT2D eigenvalue weighted by atomic mass is 19.4. The van der Waals surface area contributed by atoms with Crippen molar-refractivity contribution >= 4 is 16.7 Å². The van der Waals surface area contributed by atoms with Crippen LogP contribution in [0.1, 0.15) is 67.8 Å². The Labute approximate surface area is 232 Å².